The van der Waals surface area contributed by atoms with E-state index < -0.39 is 18.6 Å². The summed E-state index contributed by atoms with van der Waals surface area (Å²) in [7, 11) is 0. The topological polar surface area (TPSA) is 99.5 Å². The molecule has 1 unspecified atom stereocenters. The van der Waals surface area contributed by atoms with Crippen molar-refractivity contribution in [3.8, 4) is 0 Å². The maximum atomic E-state index is 9.94. The van der Waals surface area contributed by atoms with Crippen molar-refractivity contribution in [2.24, 2.45) is 0 Å². The lowest BCUT2D eigenvalue weighted by molar-refractivity contribution is -0.141. The minimum absolute atomic E-state index is 0.231. The summed E-state index contributed by atoms with van der Waals surface area (Å²) in [5.41, 5.74) is 1.07. The molecule has 0 fully saturated rings. The van der Waals surface area contributed by atoms with Crippen molar-refractivity contribution in [3.05, 3.63) is 30.1 Å². The Morgan fingerprint density at radius 1 is 1.62 bits per heavy atom. The van der Waals surface area contributed by atoms with Crippen molar-refractivity contribution in [2.45, 2.75) is 13.0 Å². The van der Waals surface area contributed by atoms with Gasteiger partial charge in [-0.3, -0.25) is 9.78 Å². The highest BCUT2D eigenvalue weighted by Gasteiger charge is 2.13. The zero-order valence-corrected chi connectivity index (χ0v) is 8.83. The van der Waals surface area contributed by atoms with Crippen LogP contribution in [-0.2, 0) is 9.59 Å². The Labute approximate surface area is 92.9 Å². The van der Waals surface area contributed by atoms with Gasteiger partial charge >= 0.3 is 5.97 Å². The number of aliphatic hydroxyl groups excluding tert-OH is 1. The van der Waals surface area contributed by atoms with Crippen LogP contribution in [-0.4, -0.2) is 40.2 Å². The van der Waals surface area contributed by atoms with Crippen molar-refractivity contribution >= 4 is 12.4 Å². The average molecular weight is 226 g/mol. The summed E-state index contributed by atoms with van der Waals surface area (Å²) < 4.78 is 0. The van der Waals surface area contributed by atoms with E-state index in [0.717, 1.165) is 5.69 Å². The number of rotatable bonds is 4. The number of aromatic nitrogens is 1. The van der Waals surface area contributed by atoms with E-state index in [1.165, 1.54) is 0 Å². The molecule has 0 radical (unpaired) electrons. The molecule has 0 saturated carbocycles. The number of amides is 1. The second-order valence-corrected chi connectivity index (χ2v) is 2.83. The Kier molecular flexibility index (Phi) is 7.35. The molecule has 16 heavy (non-hydrogen) atoms. The van der Waals surface area contributed by atoms with Crippen molar-refractivity contribution in [1.82, 2.24) is 10.3 Å². The molecule has 0 saturated heterocycles. The first-order chi connectivity index (χ1) is 7.61. The number of pyridine rings is 1. The molecule has 1 atom stereocenters. The van der Waals surface area contributed by atoms with Gasteiger partial charge in [0.15, 0.2) is 0 Å². The van der Waals surface area contributed by atoms with Crippen molar-refractivity contribution in [3.63, 3.8) is 0 Å². The van der Waals surface area contributed by atoms with E-state index in [0.29, 0.717) is 0 Å². The first-order valence-electron chi connectivity index (χ1n) is 4.52. The van der Waals surface area contributed by atoms with Crippen molar-refractivity contribution < 1.29 is 19.8 Å². The van der Waals surface area contributed by atoms with Gasteiger partial charge in [-0.25, -0.2) is 4.79 Å². The summed E-state index contributed by atoms with van der Waals surface area (Å²) in [5, 5.41) is 18.2. The molecule has 3 N–H and O–H groups in total. The molecule has 6 heteroatoms. The van der Waals surface area contributed by atoms with E-state index in [2.05, 4.69) is 4.98 Å². The third-order valence-corrected chi connectivity index (χ3v) is 1.56. The highest BCUT2D eigenvalue weighted by atomic mass is 16.4. The van der Waals surface area contributed by atoms with Crippen LogP contribution in [0.5, 0.6) is 0 Å². The van der Waals surface area contributed by atoms with Crippen LogP contribution >= 0.6 is 0 Å². The fourth-order valence-electron chi connectivity index (χ4n) is 0.732. The number of nitrogens with zero attached hydrogens (tertiary/aromatic N) is 1. The second kappa shape index (κ2) is 8.37. The van der Waals surface area contributed by atoms with E-state index in [9.17, 15) is 9.59 Å². The molecule has 0 aliphatic carbocycles. The lowest BCUT2D eigenvalue weighted by Crippen LogP contribution is -2.38. The predicted octanol–water partition coefficient (Wildman–Crippen LogP) is -0.432. The maximum Gasteiger partial charge on any atom is 0.328 e. The molecule has 88 valence electrons. The Morgan fingerprint density at radius 2 is 2.31 bits per heavy atom. The molecule has 1 heterocycles. The smallest absolute Gasteiger partial charge is 0.328 e. The van der Waals surface area contributed by atoms with Gasteiger partial charge in [0, 0.05) is 11.9 Å². The van der Waals surface area contributed by atoms with Crippen LogP contribution < -0.4 is 5.32 Å². The van der Waals surface area contributed by atoms with E-state index in [4.69, 9.17) is 10.2 Å². The molecule has 6 nitrogen and oxygen atoms in total. The number of carboxylic acid groups (broad SMARTS) is 1. The van der Waals surface area contributed by atoms with Crippen molar-refractivity contribution in [1.29, 1.82) is 0 Å². The molecule has 1 aromatic rings. The van der Waals surface area contributed by atoms with Crippen LogP contribution in [0.25, 0.3) is 0 Å². The molecule has 1 amide bonds. The summed E-state index contributed by atoms with van der Waals surface area (Å²) in [6, 6.07) is 4.68. The molecule has 0 spiro atoms. The standard InChI is InChI=1S/C6H7N.C4H7NO4/c1-6-4-2-3-5-7-6;6-1-3(4(8)9)5-2-7/h2-5H,1H3;2-3,6H,1H2,(H,5,7)(H,8,9). The summed E-state index contributed by atoms with van der Waals surface area (Å²) in [5.74, 6) is -1.25. The molecule has 0 aromatic carbocycles. The minimum Gasteiger partial charge on any atom is -0.480 e. The quantitative estimate of drug-likeness (QED) is 0.605. The fraction of sp³-hybridized carbons (Fsp3) is 0.300. The van der Waals surface area contributed by atoms with Crippen LogP contribution in [0.4, 0.5) is 0 Å². The van der Waals surface area contributed by atoms with Crippen molar-refractivity contribution in [2.75, 3.05) is 6.61 Å². The van der Waals surface area contributed by atoms with Gasteiger partial charge < -0.3 is 15.5 Å². The van der Waals surface area contributed by atoms with Crippen LogP contribution in [0.3, 0.4) is 0 Å². The number of nitrogens with one attached hydrogen (secondary N) is 1. The first-order valence-corrected chi connectivity index (χ1v) is 4.52. The third-order valence-electron chi connectivity index (χ3n) is 1.56. The maximum absolute atomic E-state index is 9.94. The summed E-state index contributed by atoms with van der Waals surface area (Å²) in [6.45, 7) is 1.38. The normalized spacial score (nSPS) is 10.6. The number of carboxylic acids is 1. The fourth-order valence-corrected chi connectivity index (χ4v) is 0.732. The molecule has 0 aliphatic heterocycles. The lowest BCUT2D eigenvalue weighted by atomic mass is 10.3. The van der Waals surface area contributed by atoms with Gasteiger partial charge in [-0.15, -0.1) is 0 Å². The van der Waals surface area contributed by atoms with E-state index >= 15 is 0 Å². The zero-order chi connectivity index (χ0) is 12.4. The number of hydrogen-bond donors (Lipinski definition) is 3. The Morgan fingerprint density at radius 3 is 2.50 bits per heavy atom. The van der Waals surface area contributed by atoms with Crippen LogP contribution in [0.2, 0.25) is 0 Å². The van der Waals surface area contributed by atoms with Crippen LogP contribution in [0.1, 0.15) is 5.69 Å². The predicted molar refractivity (Wildman–Crippen MR) is 56.7 cm³/mol. The van der Waals surface area contributed by atoms with Gasteiger partial charge in [0.1, 0.15) is 6.04 Å². The molecular weight excluding hydrogens is 212 g/mol. The van der Waals surface area contributed by atoms with Gasteiger partial charge in [-0.2, -0.15) is 0 Å². The number of carbonyl (C=O) groups is 2. The van der Waals surface area contributed by atoms with Gasteiger partial charge in [-0.1, -0.05) is 6.07 Å². The Hall–Kier alpha value is -1.95. The zero-order valence-electron chi connectivity index (χ0n) is 8.83. The Bertz CT molecular complexity index is 316. The first kappa shape index (κ1) is 14.1. The van der Waals surface area contributed by atoms with Crippen LogP contribution in [0, 0.1) is 6.92 Å². The molecule has 1 aromatic heterocycles. The van der Waals surface area contributed by atoms with Gasteiger partial charge in [-0.05, 0) is 19.1 Å². The van der Waals surface area contributed by atoms with E-state index in [-0.39, 0.29) is 6.41 Å². The second-order valence-electron chi connectivity index (χ2n) is 2.83. The molecule has 0 bridgehead atoms. The SMILES string of the molecule is Cc1ccccn1.O=CNC(CO)C(=O)O. The number of aliphatic hydroxyl groups is 1. The number of carbonyl (C=O) groups excluding carboxylic acids is 1. The molecule has 1 rings (SSSR count). The summed E-state index contributed by atoms with van der Waals surface area (Å²) in [4.78, 5) is 23.5. The lowest BCUT2D eigenvalue weighted by Gasteiger charge is -2.04. The summed E-state index contributed by atoms with van der Waals surface area (Å²) >= 11 is 0. The monoisotopic (exact) mass is 226 g/mol. The Balaban J connectivity index is 0.000000288. The minimum atomic E-state index is -1.25. The number of aryl methyl sites for hydroxylation is 1. The summed E-state index contributed by atoms with van der Waals surface area (Å²) in [6.07, 6.45) is 2.02. The third kappa shape index (κ3) is 6.50. The average Bonchev–Trinajstić information content (AvgIpc) is 2.27. The number of hydrogen-bond acceptors (Lipinski definition) is 4. The van der Waals surface area contributed by atoms with Crippen LogP contribution in [0.15, 0.2) is 24.4 Å². The van der Waals surface area contributed by atoms with Gasteiger partial charge in [0.05, 0.1) is 6.61 Å². The highest BCUT2D eigenvalue weighted by molar-refractivity contribution is 5.76. The van der Waals surface area contributed by atoms with E-state index in [1.54, 1.807) is 6.20 Å². The highest BCUT2D eigenvalue weighted by Crippen LogP contribution is 1.86. The molecule has 0 aliphatic rings. The number of aliphatic carboxylic acids is 1. The molecular formula is C10H14N2O4. The van der Waals surface area contributed by atoms with Gasteiger partial charge in [0.2, 0.25) is 6.41 Å². The van der Waals surface area contributed by atoms with E-state index in [1.807, 2.05) is 30.4 Å². The largest absolute Gasteiger partial charge is 0.480 e. The van der Waals surface area contributed by atoms with Gasteiger partial charge in [0.25, 0.3) is 0 Å².